The summed E-state index contributed by atoms with van der Waals surface area (Å²) in [5.41, 5.74) is 6.63. The summed E-state index contributed by atoms with van der Waals surface area (Å²) in [5, 5.41) is -0.223. The minimum atomic E-state index is -0.223. The van der Waals surface area contributed by atoms with Gasteiger partial charge in [-0.25, -0.2) is 0 Å². The molecule has 1 atom stereocenters. The SMILES string of the molecule is CCCC(Sc1cc(OCC)ccc1N)C(=O)OCC. The van der Waals surface area contributed by atoms with Crippen LogP contribution in [-0.4, -0.2) is 24.4 Å². The van der Waals surface area contributed by atoms with E-state index >= 15 is 0 Å². The first kappa shape index (κ1) is 16.7. The Morgan fingerprint density at radius 2 is 2.05 bits per heavy atom. The fraction of sp³-hybridized carbons (Fsp3) is 0.533. The van der Waals surface area contributed by atoms with Gasteiger partial charge in [-0.3, -0.25) is 4.79 Å². The van der Waals surface area contributed by atoms with Crippen molar-refractivity contribution in [3.63, 3.8) is 0 Å². The molecule has 4 nitrogen and oxygen atoms in total. The van der Waals surface area contributed by atoms with Crippen molar-refractivity contribution in [1.82, 2.24) is 0 Å². The molecule has 1 aromatic rings. The third kappa shape index (κ3) is 4.96. The van der Waals surface area contributed by atoms with Crippen LogP contribution in [0.15, 0.2) is 23.1 Å². The lowest BCUT2D eigenvalue weighted by Crippen LogP contribution is -2.20. The monoisotopic (exact) mass is 297 g/mol. The van der Waals surface area contributed by atoms with Gasteiger partial charge in [0.15, 0.2) is 0 Å². The molecule has 1 unspecified atom stereocenters. The van der Waals surface area contributed by atoms with Crippen LogP contribution in [0.25, 0.3) is 0 Å². The molecule has 0 saturated carbocycles. The van der Waals surface area contributed by atoms with Gasteiger partial charge in [0.1, 0.15) is 11.0 Å². The van der Waals surface area contributed by atoms with Crippen LogP contribution < -0.4 is 10.5 Å². The molecule has 2 N–H and O–H groups in total. The fourth-order valence-electron chi connectivity index (χ4n) is 1.75. The van der Waals surface area contributed by atoms with Crippen LogP contribution in [0.4, 0.5) is 5.69 Å². The molecule has 1 aromatic carbocycles. The van der Waals surface area contributed by atoms with E-state index in [1.165, 1.54) is 11.8 Å². The van der Waals surface area contributed by atoms with Crippen molar-refractivity contribution < 1.29 is 14.3 Å². The number of anilines is 1. The number of ether oxygens (including phenoxy) is 2. The number of nitrogens with two attached hydrogens (primary N) is 1. The van der Waals surface area contributed by atoms with Crippen LogP contribution >= 0.6 is 11.8 Å². The smallest absolute Gasteiger partial charge is 0.319 e. The first-order chi connectivity index (χ1) is 9.62. The van der Waals surface area contributed by atoms with Gasteiger partial charge in [0.05, 0.1) is 13.2 Å². The molecule has 0 aromatic heterocycles. The van der Waals surface area contributed by atoms with Crippen LogP contribution in [-0.2, 0) is 9.53 Å². The lowest BCUT2D eigenvalue weighted by atomic mass is 10.2. The molecular formula is C15H23NO3S. The first-order valence-electron chi connectivity index (χ1n) is 6.97. The Morgan fingerprint density at radius 3 is 2.65 bits per heavy atom. The summed E-state index contributed by atoms with van der Waals surface area (Å²) in [5.74, 6) is 0.587. The molecule has 0 fully saturated rings. The number of carbonyl (C=O) groups is 1. The Morgan fingerprint density at radius 1 is 1.30 bits per heavy atom. The molecule has 0 aliphatic rings. The molecule has 0 saturated heterocycles. The molecule has 0 aliphatic heterocycles. The second-order valence-electron chi connectivity index (χ2n) is 4.28. The fourth-order valence-corrected chi connectivity index (χ4v) is 2.96. The van der Waals surface area contributed by atoms with Crippen molar-refractivity contribution in [2.75, 3.05) is 18.9 Å². The van der Waals surface area contributed by atoms with E-state index in [4.69, 9.17) is 15.2 Å². The quantitative estimate of drug-likeness (QED) is 0.452. The van der Waals surface area contributed by atoms with Crippen molar-refractivity contribution in [3.8, 4) is 5.75 Å². The number of rotatable bonds is 8. The first-order valence-corrected chi connectivity index (χ1v) is 7.85. The highest BCUT2D eigenvalue weighted by Crippen LogP contribution is 2.34. The van der Waals surface area contributed by atoms with Gasteiger partial charge < -0.3 is 15.2 Å². The lowest BCUT2D eigenvalue weighted by Gasteiger charge is -2.16. The van der Waals surface area contributed by atoms with Crippen LogP contribution in [0.5, 0.6) is 5.75 Å². The molecule has 5 heteroatoms. The molecule has 20 heavy (non-hydrogen) atoms. The second kappa shape index (κ2) is 8.74. The van der Waals surface area contributed by atoms with Gasteiger partial charge in [0.25, 0.3) is 0 Å². The molecule has 0 bridgehead atoms. The third-order valence-corrected chi connectivity index (χ3v) is 3.99. The average molecular weight is 297 g/mol. The van der Waals surface area contributed by atoms with Crippen LogP contribution in [0.3, 0.4) is 0 Å². The maximum Gasteiger partial charge on any atom is 0.319 e. The lowest BCUT2D eigenvalue weighted by molar-refractivity contribution is -0.142. The molecule has 1 rings (SSSR count). The van der Waals surface area contributed by atoms with E-state index in [1.54, 1.807) is 0 Å². The van der Waals surface area contributed by atoms with Crippen LogP contribution in [0.1, 0.15) is 33.6 Å². The van der Waals surface area contributed by atoms with Gasteiger partial charge in [-0.05, 0) is 38.5 Å². The maximum absolute atomic E-state index is 11.9. The summed E-state index contributed by atoms with van der Waals surface area (Å²) in [6.45, 7) is 6.79. The molecule has 0 heterocycles. The van der Waals surface area contributed by atoms with Gasteiger partial charge in [-0.1, -0.05) is 13.3 Å². The van der Waals surface area contributed by atoms with Crippen LogP contribution in [0.2, 0.25) is 0 Å². The van der Waals surface area contributed by atoms with Crippen molar-refractivity contribution in [2.45, 2.75) is 43.8 Å². The van der Waals surface area contributed by atoms with Crippen molar-refractivity contribution in [3.05, 3.63) is 18.2 Å². The number of benzene rings is 1. The van der Waals surface area contributed by atoms with E-state index in [-0.39, 0.29) is 11.2 Å². The maximum atomic E-state index is 11.9. The van der Waals surface area contributed by atoms with Gasteiger partial charge in [-0.15, -0.1) is 11.8 Å². The molecule has 112 valence electrons. The number of hydrogen-bond acceptors (Lipinski definition) is 5. The highest BCUT2D eigenvalue weighted by Gasteiger charge is 2.21. The number of carbonyl (C=O) groups excluding carboxylic acids is 1. The molecule has 0 radical (unpaired) electrons. The highest BCUT2D eigenvalue weighted by molar-refractivity contribution is 8.00. The van der Waals surface area contributed by atoms with Crippen molar-refractivity contribution >= 4 is 23.4 Å². The van der Waals surface area contributed by atoms with E-state index in [9.17, 15) is 4.79 Å². The van der Waals surface area contributed by atoms with E-state index in [0.29, 0.717) is 18.9 Å². The Balaban J connectivity index is 2.86. The van der Waals surface area contributed by atoms with E-state index in [2.05, 4.69) is 0 Å². The van der Waals surface area contributed by atoms with Crippen molar-refractivity contribution in [1.29, 1.82) is 0 Å². The Hall–Kier alpha value is -1.36. The standard InChI is InChI=1S/C15H23NO3S/c1-4-7-13(15(17)19-6-3)20-14-10-11(18-5-2)8-9-12(14)16/h8-10,13H,4-7,16H2,1-3H3. The zero-order chi connectivity index (χ0) is 15.0. The molecule has 0 spiro atoms. The molecule has 0 aliphatic carbocycles. The van der Waals surface area contributed by atoms with Gasteiger partial charge >= 0.3 is 5.97 Å². The number of esters is 1. The Bertz CT molecular complexity index is 437. The molecule has 0 amide bonds. The second-order valence-corrected chi connectivity index (χ2v) is 5.52. The summed E-state index contributed by atoms with van der Waals surface area (Å²) in [7, 11) is 0. The summed E-state index contributed by atoms with van der Waals surface area (Å²) in [6, 6.07) is 5.52. The topological polar surface area (TPSA) is 61.5 Å². The summed E-state index contributed by atoms with van der Waals surface area (Å²) < 4.78 is 10.6. The Kier molecular flexibility index (Phi) is 7.30. The molecular weight excluding hydrogens is 274 g/mol. The zero-order valence-corrected chi connectivity index (χ0v) is 13.2. The van der Waals surface area contributed by atoms with E-state index in [1.807, 2.05) is 39.0 Å². The minimum absolute atomic E-state index is 0.180. The highest BCUT2D eigenvalue weighted by atomic mass is 32.2. The zero-order valence-electron chi connectivity index (χ0n) is 12.3. The predicted octanol–water partition coefficient (Wildman–Crippen LogP) is 3.49. The number of nitrogen functional groups attached to an aromatic ring is 1. The van der Waals surface area contributed by atoms with Crippen molar-refractivity contribution in [2.24, 2.45) is 0 Å². The van der Waals surface area contributed by atoms with Gasteiger partial charge in [0, 0.05) is 10.6 Å². The normalized spacial score (nSPS) is 11.9. The van der Waals surface area contributed by atoms with Gasteiger partial charge in [-0.2, -0.15) is 0 Å². The van der Waals surface area contributed by atoms with E-state index < -0.39 is 0 Å². The largest absolute Gasteiger partial charge is 0.494 e. The van der Waals surface area contributed by atoms with E-state index in [0.717, 1.165) is 23.5 Å². The third-order valence-electron chi connectivity index (χ3n) is 2.67. The minimum Gasteiger partial charge on any atom is -0.494 e. The average Bonchev–Trinajstić information content (AvgIpc) is 2.42. The Labute approximate surface area is 125 Å². The summed E-state index contributed by atoms with van der Waals surface area (Å²) in [4.78, 5) is 12.8. The number of hydrogen-bond donors (Lipinski definition) is 1. The number of thioether (sulfide) groups is 1. The predicted molar refractivity (Wildman–Crippen MR) is 83.2 cm³/mol. The summed E-state index contributed by atoms with van der Waals surface area (Å²) in [6.07, 6.45) is 1.68. The van der Waals surface area contributed by atoms with Crippen LogP contribution in [0, 0.1) is 0 Å². The van der Waals surface area contributed by atoms with Gasteiger partial charge in [0.2, 0.25) is 0 Å². The summed E-state index contributed by atoms with van der Waals surface area (Å²) >= 11 is 1.45.